The molecule has 0 aromatic heterocycles. The highest BCUT2D eigenvalue weighted by Crippen LogP contribution is 2.37. The Morgan fingerprint density at radius 3 is 1.84 bits per heavy atom. The van der Waals surface area contributed by atoms with Crippen LogP contribution in [0.5, 0.6) is 11.5 Å². The first-order valence-corrected chi connectivity index (χ1v) is 18.2. The summed E-state index contributed by atoms with van der Waals surface area (Å²) in [5.74, 6) is -0.733. The topological polar surface area (TPSA) is 88.2 Å². The van der Waals surface area contributed by atoms with Gasteiger partial charge in [-0.25, -0.2) is 0 Å². The van der Waals surface area contributed by atoms with Gasteiger partial charge in [-0.1, -0.05) is 120 Å². The average molecular weight is 692 g/mol. The van der Waals surface area contributed by atoms with Crippen LogP contribution in [0.1, 0.15) is 128 Å². The number of hydrogen-bond donors (Lipinski definition) is 1. The van der Waals surface area contributed by atoms with Crippen LogP contribution in [0.4, 0.5) is 5.69 Å². The van der Waals surface area contributed by atoms with E-state index in [-0.39, 0.29) is 30.1 Å². The maximum absolute atomic E-state index is 13.7. The van der Waals surface area contributed by atoms with E-state index in [2.05, 4.69) is 44.8 Å². The Morgan fingerprint density at radius 2 is 1.34 bits per heavy atom. The number of piperazine rings is 1. The number of nitrogens with zero attached hydrogens (tertiary/aromatic N) is 2. The third-order valence-corrected chi connectivity index (χ3v) is 8.54. The van der Waals surface area contributed by atoms with Gasteiger partial charge in [-0.05, 0) is 53.6 Å². The van der Waals surface area contributed by atoms with Gasteiger partial charge in [-0.15, -0.1) is 0 Å². The summed E-state index contributed by atoms with van der Waals surface area (Å²) in [6.45, 7) is 23.3. The number of unbranched alkanes of at least 4 members (excludes halogenated alkanes) is 2. The summed E-state index contributed by atoms with van der Waals surface area (Å²) in [6, 6.07) is 14.4. The standard InChI is InChI=1S/C33H41N3O5.2C4H10.CH4/c1-7-19-41-28-14-13-25(23-11-9-10-12-24(23)28)29(37)31(38)34-27-21-22(33(3,4)5)20-26(30(27)40-6)32(39)36-17-15-35(8-2)16-18-36;2*1-3-4-2;/h9-14,20-21H,7-8,15-19H2,1-6H3,(H,34,38);2*3-4H2,1-2H3;1H4. The number of benzene rings is 3. The van der Waals surface area contributed by atoms with Crippen molar-refractivity contribution < 1.29 is 23.9 Å². The normalized spacial score (nSPS) is 12.8. The van der Waals surface area contributed by atoms with E-state index in [0.29, 0.717) is 42.1 Å². The highest BCUT2D eigenvalue weighted by atomic mass is 16.5. The zero-order valence-corrected chi connectivity index (χ0v) is 31.8. The number of fused-ring (bicyclic) bond motifs is 1. The third-order valence-electron chi connectivity index (χ3n) is 8.54. The van der Waals surface area contributed by atoms with E-state index in [1.807, 2.05) is 62.9 Å². The molecule has 8 heteroatoms. The fourth-order valence-electron chi connectivity index (χ4n) is 5.08. The quantitative estimate of drug-likeness (QED) is 0.159. The second-order valence-electron chi connectivity index (χ2n) is 13.4. The number of rotatable bonds is 11. The van der Waals surface area contributed by atoms with Crippen molar-refractivity contribution in [3.63, 3.8) is 0 Å². The van der Waals surface area contributed by atoms with Gasteiger partial charge >= 0.3 is 0 Å². The third kappa shape index (κ3) is 12.1. The van der Waals surface area contributed by atoms with Crippen molar-refractivity contribution >= 4 is 34.1 Å². The van der Waals surface area contributed by atoms with E-state index in [1.54, 1.807) is 18.2 Å². The predicted molar refractivity (Wildman–Crippen MR) is 210 cm³/mol. The molecule has 0 aliphatic carbocycles. The Hall–Kier alpha value is -3.91. The molecule has 1 fully saturated rings. The minimum Gasteiger partial charge on any atom is -0.494 e. The summed E-state index contributed by atoms with van der Waals surface area (Å²) in [7, 11) is 1.47. The SMILES string of the molecule is C.CCCC.CCCC.CCCOc1ccc(C(=O)C(=O)Nc2cc(C(C)(C)C)cc(C(=O)N3CCN(CC)CC3)c2OC)c2ccccc12. The van der Waals surface area contributed by atoms with Gasteiger partial charge < -0.3 is 24.6 Å². The highest BCUT2D eigenvalue weighted by Gasteiger charge is 2.29. The lowest BCUT2D eigenvalue weighted by molar-refractivity contribution is -0.112. The first-order chi connectivity index (χ1) is 23.4. The van der Waals surface area contributed by atoms with Crippen LogP contribution in [0.2, 0.25) is 0 Å². The van der Waals surface area contributed by atoms with E-state index < -0.39 is 11.7 Å². The maximum atomic E-state index is 13.7. The molecule has 50 heavy (non-hydrogen) atoms. The van der Waals surface area contributed by atoms with Gasteiger partial charge in [0.2, 0.25) is 0 Å². The van der Waals surface area contributed by atoms with E-state index >= 15 is 0 Å². The molecule has 278 valence electrons. The molecule has 0 unspecified atom stereocenters. The van der Waals surface area contributed by atoms with E-state index in [0.717, 1.165) is 37.0 Å². The van der Waals surface area contributed by atoms with Crippen molar-refractivity contribution in [2.75, 3.05) is 51.8 Å². The monoisotopic (exact) mass is 691 g/mol. The highest BCUT2D eigenvalue weighted by molar-refractivity contribution is 6.48. The zero-order valence-electron chi connectivity index (χ0n) is 31.8. The number of likely N-dealkylation sites (N-methyl/N-ethyl adjacent to an activating group) is 1. The molecule has 1 saturated heterocycles. The summed E-state index contributed by atoms with van der Waals surface area (Å²) in [5, 5.41) is 4.18. The van der Waals surface area contributed by atoms with Crippen LogP contribution in [0.15, 0.2) is 48.5 Å². The van der Waals surface area contributed by atoms with Gasteiger partial charge in [0.25, 0.3) is 17.6 Å². The lowest BCUT2D eigenvalue weighted by Crippen LogP contribution is -2.48. The molecular weight excluding hydrogens is 626 g/mol. The molecule has 4 rings (SSSR count). The van der Waals surface area contributed by atoms with Crippen molar-refractivity contribution in [3.8, 4) is 11.5 Å². The number of Topliss-reactive ketones (excluding diaryl/α,β-unsaturated/α-hetero) is 1. The van der Waals surface area contributed by atoms with Crippen molar-refractivity contribution in [2.45, 2.75) is 107 Å². The van der Waals surface area contributed by atoms with Gasteiger partial charge in [0, 0.05) is 37.1 Å². The predicted octanol–water partition coefficient (Wildman–Crippen LogP) is 9.78. The molecule has 0 saturated carbocycles. The fraction of sp³-hybridized carbons (Fsp3) is 0.548. The number of methoxy groups -OCH3 is 1. The number of amides is 2. The summed E-state index contributed by atoms with van der Waals surface area (Å²) in [5.41, 5.74) is 1.46. The van der Waals surface area contributed by atoms with Gasteiger partial charge in [-0.2, -0.15) is 0 Å². The second-order valence-corrected chi connectivity index (χ2v) is 13.4. The number of ketones is 1. The largest absolute Gasteiger partial charge is 0.494 e. The number of anilines is 1. The van der Waals surface area contributed by atoms with Crippen molar-refractivity contribution in [3.05, 3.63) is 65.2 Å². The van der Waals surface area contributed by atoms with Crippen LogP contribution in [0.3, 0.4) is 0 Å². The van der Waals surface area contributed by atoms with Crippen LogP contribution in [-0.2, 0) is 10.2 Å². The molecular formula is C42H65N3O5. The van der Waals surface area contributed by atoms with Gasteiger partial charge in [0.15, 0.2) is 5.75 Å². The van der Waals surface area contributed by atoms with Gasteiger partial charge in [0.1, 0.15) is 5.75 Å². The van der Waals surface area contributed by atoms with Gasteiger partial charge in [-0.3, -0.25) is 14.4 Å². The molecule has 1 N–H and O–H groups in total. The first kappa shape index (κ1) is 44.1. The molecule has 0 spiro atoms. The summed E-state index contributed by atoms with van der Waals surface area (Å²) in [4.78, 5) is 44.8. The van der Waals surface area contributed by atoms with E-state index in [9.17, 15) is 14.4 Å². The van der Waals surface area contributed by atoms with Crippen LogP contribution in [-0.4, -0.2) is 73.8 Å². The molecule has 1 heterocycles. The Kier molecular flexibility index (Phi) is 19.4. The van der Waals surface area contributed by atoms with Crippen LogP contribution in [0.25, 0.3) is 10.8 Å². The molecule has 0 atom stereocenters. The fourth-order valence-corrected chi connectivity index (χ4v) is 5.08. The van der Waals surface area contributed by atoms with Crippen molar-refractivity contribution in [2.24, 2.45) is 0 Å². The molecule has 0 radical (unpaired) electrons. The summed E-state index contributed by atoms with van der Waals surface area (Å²) in [6.07, 6.45) is 6.13. The number of ether oxygens (including phenoxy) is 2. The number of nitrogens with one attached hydrogen (secondary N) is 1. The Bertz CT molecular complexity index is 1500. The van der Waals surface area contributed by atoms with Crippen LogP contribution in [0, 0.1) is 0 Å². The van der Waals surface area contributed by atoms with Crippen LogP contribution >= 0.6 is 0 Å². The minimum atomic E-state index is -0.809. The molecule has 1 aliphatic heterocycles. The first-order valence-electron chi connectivity index (χ1n) is 18.2. The summed E-state index contributed by atoms with van der Waals surface area (Å²) >= 11 is 0. The zero-order chi connectivity index (χ0) is 36.6. The van der Waals surface area contributed by atoms with Crippen molar-refractivity contribution in [1.82, 2.24) is 9.80 Å². The Balaban J connectivity index is 0.00000125. The van der Waals surface area contributed by atoms with E-state index in [1.165, 1.54) is 32.8 Å². The minimum absolute atomic E-state index is 0. The maximum Gasteiger partial charge on any atom is 0.296 e. The lowest BCUT2D eigenvalue weighted by atomic mass is 9.85. The molecule has 0 bridgehead atoms. The smallest absolute Gasteiger partial charge is 0.296 e. The van der Waals surface area contributed by atoms with E-state index in [4.69, 9.17) is 9.47 Å². The second kappa shape index (κ2) is 22.0. The summed E-state index contributed by atoms with van der Waals surface area (Å²) < 4.78 is 11.6. The number of carbonyl (C=O) groups excluding carboxylic acids is 3. The molecule has 3 aromatic carbocycles. The average Bonchev–Trinajstić information content (AvgIpc) is 3.12. The molecule has 1 aliphatic rings. The Labute approximate surface area is 302 Å². The molecule has 8 nitrogen and oxygen atoms in total. The molecule has 2 amide bonds. The van der Waals surface area contributed by atoms with Crippen LogP contribution < -0.4 is 14.8 Å². The number of carbonyl (C=O) groups is 3. The van der Waals surface area contributed by atoms with Crippen molar-refractivity contribution in [1.29, 1.82) is 0 Å². The number of hydrogen-bond acceptors (Lipinski definition) is 6. The van der Waals surface area contributed by atoms with Gasteiger partial charge in [0.05, 0.1) is 25.0 Å². The lowest BCUT2D eigenvalue weighted by Gasteiger charge is -2.34. The Morgan fingerprint density at radius 1 is 0.760 bits per heavy atom. The molecule has 3 aromatic rings.